The fourth-order valence-electron chi connectivity index (χ4n) is 2.90. The Morgan fingerprint density at radius 1 is 1.06 bits per heavy atom. The Labute approximate surface area is 179 Å². The Kier molecular flexibility index (Phi) is 5.41. The van der Waals surface area contributed by atoms with Gasteiger partial charge in [-0.3, -0.25) is 14.9 Å². The van der Waals surface area contributed by atoms with Crippen LogP contribution in [0.25, 0.3) is 11.4 Å². The van der Waals surface area contributed by atoms with Crippen LogP contribution in [0.15, 0.2) is 53.7 Å². The fraction of sp³-hybridized carbons (Fsp3) is 0.111. The SMILES string of the molecule is CSc1nnnn1-c1cccc(NC(=O)c2nnn(-c3cccc([N+](=O)[O-])c3)c2C)c1. The van der Waals surface area contributed by atoms with Crippen molar-refractivity contribution in [2.24, 2.45) is 0 Å². The van der Waals surface area contributed by atoms with E-state index in [-0.39, 0.29) is 11.4 Å². The average Bonchev–Trinajstić information content (AvgIpc) is 3.40. The minimum atomic E-state index is -0.497. The Morgan fingerprint density at radius 2 is 1.81 bits per heavy atom. The third kappa shape index (κ3) is 3.98. The maximum absolute atomic E-state index is 12.8. The summed E-state index contributed by atoms with van der Waals surface area (Å²) in [5, 5.41) is 33.9. The topological polar surface area (TPSA) is 147 Å². The molecule has 4 aromatic rings. The molecule has 0 aliphatic carbocycles. The van der Waals surface area contributed by atoms with E-state index in [1.54, 1.807) is 41.9 Å². The van der Waals surface area contributed by atoms with Crippen molar-refractivity contribution in [2.45, 2.75) is 12.1 Å². The van der Waals surface area contributed by atoms with Crippen molar-refractivity contribution in [1.29, 1.82) is 0 Å². The lowest BCUT2D eigenvalue weighted by atomic mass is 10.2. The van der Waals surface area contributed by atoms with E-state index in [2.05, 4.69) is 31.2 Å². The van der Waals surface area contributed by atoms with E-state index in [9.17, 15) is 14.9 Å². The number of benzene rings is 2. The first kappa shape index (κ1) is 20.2. The maximum atomic E-state index is 12.8. The lowest BCUT2D eigenvalue weighted by Crippen LogP contribution is -2.14. The first-order valence-corrected chi connectivity index (χ1v) is 10.1. The molecule has 0 saturated carbocycles. The summed E-state index contributed by atoms with van der Waals surface area (Å²) in [7, 11) is 0. The number of tetrazole rings is 1. The molecular weight excluding hydrogens is 422 g/mol. The maximum Gasteiger partial charge on any atom is 0.278 e. The van der Waals surface area contributed by atoms with E-state index in [0.29, 0.717) is 27.9 Å². The van der Waals surface area contributed by atoms with Gasteiger partial charge >= 0.3 is 0 Å². The zero-order valence-corrected chi connectivity index (χ0v) is 17.1. The van der Waals surface area contributed by atoms with E-state index in [1.165, 1.54) is 28.6 Å². The molecule has 2 aromatic carbocycles. The highest BCUT2D eigenvalue weighted by Gasteiger charge is 2.19. The van der Waals surface area contributed by atoms with Crippen molar-refractivity contribution in [3.63, 3.8) is 0 Å². The van der Waals surface area contributed by atoms with Crippen LogP contribution >= 0.6 is 11.8 Å². The van der Waals surface area contributed by atoms with E-state index < -0.39 is 10.8 Å². The van der Waals surface area contributed by atoms with Gasteiger partial charge in [-0.15, -0.1) is 10.2 Å². The molecule has 13 heteroatoms. The molecule has 0 spiro atoms. The predicted molar refractivity (Wildman–Crippen MR) is 112 cm³/mol. The number of nitrogens with one attached hydrogen (secondary N) is 1. The first-order valence-electron chi connectivity index (χ1n) is 8.89. The number of carbonyl (C=O) groups is 1. The number of hydrogen-bond acceptors (Lipinski definition) is 9. The Bertz CT molecular complexity index is 1280. The van der Waals surface area contributed by atoms with Crippen LogP contribution in [0.4, 0.5) is 11.4 Å². The molecule has 1 amide bonds. The number of non-ortho nitro benzene ring substituents is 1. The second-order valence-electron chi connectivity index (χ2n) is 6.29. The van der Waals surface area contributed by atoms with Crippen LogP contribution in [0.1, 0.15) is 16.2 Å². The smallest absolute Gasteiger partial charge is 0.278 e. The Hall–Kier alpha value is -4.13. The van der Waals surface area contributed by atoms with Gasteiger partial charge in [0.15, 0.2) is 5.69 Å². The number of nitro benzene ring substituents is 1. The summed E-state index contributed by atoms with van der Waals surface area (Å²) in [5.41, 5.74) is 2.10. The molecule has 0 saturated heterocycles. The van der Waals surface area contributed by atoms with Gasteiger partial charge in [0.25, 0.3) is 11.6 Å². The van der Waals surface area contributed by atoms with Gasteiger partial charge in [-0.2, -0.15) is 4.68 Å². The zero-order chi connectivity index (χ0) is 22.0. The molecular formula is C18H15N9O3S. The van der Waals surface area contributed by atoms with E-state index in [1.807, 2.05) is 12.3 Å². The van der Waals surface area contributed by atoms with Gasteiger partial charge < -0.3 is 5.32 Å². The van der Waals surface area contributed by atoms with Crippen LogP contribution in [0.5, 0.6) is 0 Å². The van der Waals surface area contributed by atoms with Gasteiger partial charge in [0.1, 0.15) is 0 Å². The third-order valence-electron chi connectivity index (χ3n) is 4.37. The summed E-state index contributed by atoms with van der Waals surface area (Å²) >= 11 is 1.40. The van der Waals surface area contributed by atoms with E-state index >= 15 is 0 Å². The van der Waals surface area contributed by atoms with Crippen molar-refractivity contribution in [3.8, 4) is 11.4 Å². The molecule has 4 rings (SSSR count). The molecule has 12 nitrogen and oxygen atoms in total. The van der Waals surface area contributed by atoms with Crippen LogP contribution in [-0.2, 0) is 0 Å². The second-order valence-corrected chi connectivity index (χ2v) is 7.07. The predicted octanol–water partition coefficient (Wildman–Crippen LogP) is 2.43. The van der Waals surface area contributed by atoms with Gasteiger partial charge in [-0.25, -0.2) is 4.68 Å². The van der Waals surface area contributed by atoms with Crippen LogP contribution in [0.3, 0.4) is 0 Å². The molecule has 2 aromatic heterocycles. The van der Waals surface area contributed by atoms with Crippen molar-refractivity contribution < 1.29 is 9.72 Å². The minimum absolute atomic E-state index is 0.0811. The van der Waals surface area contributed by atoms with Crippen LogP contribution < -0.4 is 5.32 Å². The van der Waals surface area contributed by atoms with Gasteiger partial charge in [-0.1, -0.05) is 29.1 Å². The molecule has 0 radical (unpaired) electrons. The number of nitro groups is 1. The number of thioether (sulfide) groups is 1. The highest BCUT2D eigenvalue weighted by Crippen LogP contribution is 2.21. The summed E-state index contributed by atoms with van der Waals surface area (Å²) in [6.45, 7) is 1.66. The normalized spacial score (nSPS) is 10.8. The molecule has 156 valence electrons. The van der Waals surface area contributed by atoms with E-state index in [4.69, 9.17) is 0 Å². The van der Waals surface area contributed by atoms with Gasteiger partial charge in [0.05, 0.1) is 22.0 Å². The molecule has 0 unspecified atom stereocenters. The zero-order valence-electron chi connectivity index (χ0n) is 16.3. The standard InChI is InChI=1S/C18H15N9O3S/c1-11-16(20-23-25(11)14-7-4-8-15(10-14)27(29)30)17(28)19-12-5-3-6-13(9-12)26-18(31-2)21-22-24-26/h3-10H,1-2H3,(H,19,28). The molecule has 1 N–H and O–H groups in total. The van der Waals surface area contributed by atoms with E-state index in [0.717, 1.165) is 0 Å². The quantitative estimate of drug-likeness (QED) is 0.273. The summed E-state index contributed by atoms with van der Waals surface area (Å²) in [6.07, 6.45) is 1.86. The summed E-state index contributed by atoms with van der Waals surface area (Å²) in [4.78, 5) is 23.3. The summed E-state index contributed by atoms with van der Waals surface area (Å²) in [5.74, 6) is -0.465. The third-order valence-corrected chi connectivity index (χ3v) is 4.99. The molecule has 0 atom stereocenters. The molecule has 0 fully saturated rings. The largest absolute Gasteiger partial charge is 0.320 e. The number of rotatable bonds is 6. The van der Waals surface area contributed by atoms with Gasteiger partial charge in [-0.05, 0) is 47.9 Å². The molecule has 0 aliphatic rings. The Balaban J connectivity index is 1.59. The first-order chi connectivity index (χ1) is 15.0. The number of amides is 1. The van der Waals surface area contributed by atoms with Gasteiger partial charge in [0, 0.05) is 17.8 Å². The molecule has 0 aliphatic heterocycles. The van der Waals surface area contributed by atoms with Crippen molar-refractivity contribution in [2.75, 3.05) is 11.6 Å². The van der Waals surface area contributed by atoms with Crippen molar-refractivity contribution in [3.05, 3.63) is 70.0 Å². The number of nitrogens with zero attached hydrogens (tertiary/aromatic N) is 8. The summed E-state index contributed by atoms with van der Waals surface area (Å²) in [6, 6.07) is 13.0. The average molecular weight is 437 g/mol. The molecule has 0 bridgehead atoms. The molecule has 31 heavy (non-hydrogen) atoms. The van der Waals surface area contributed by atoms with Crippen LogP contribution in [-0.4, -0.2) is 52.3 Å². The lowest BCUT2D eigenvalue weighted by Gasteiger charge is -2.07. The second kappa shape index (κ2) is 8.31. The Morgan fingerprint density at radius 3 is 2.55 bits per heavy atom. The van der Waals surface area contributed by atoms with Crippen molar-refractivity contribution >= 4 is 29.0 Å². The van der Waals surface area contributed by atoms with Crippen molar-refractivity contribution in [1.82, 2.24) is 35.2 Å². The number of hydrogen-bond donors (Lipinski definition) is 1. The fourth-order valence-corrected chi connectivity index (χ4v) is 3.33. The number of carbonyl (C=O) groups excluding carboxylic acids is 1. The van der Waals surface area contributed by atoms with Crippen LogP contribution in [0.2, 0.25) is 0 Å². The van der Waals surface area contributed by atoms with Crippen LogP contribution in [0, 0.1) is 17.0 Å². The van der Waals surface area contributed by atoms with Gasteiger partial charge in [0.2, 0.25) is 5.16 Å². The summed E-state index contributed by atoms with van der Waals surface area (Å²) < 4.78 is 2.94. The molecule has 2 heterocycles. The number of aromatic nitrogens is 7. The monoisotopic (exact) mass is 437 g/mol. The lowest BCUT2D eigenvalue weighted by molar-refractivity contribution is -0.384. The highest BCUT2D eigenvalue weighted by atomic mass is 32.2. The number of anilines is 1. The minimum Gasteiger partial charge on any atom is -0.320 e. The highest BCUT2D eigenvalue weighted by molar-refractivity contribution is 7.98.